The summed E-state index contributed by atoms with van der Waals surface area (Å²) in [5.41, 5.74) is 8.29. The van der Waals surface area contributed by atoms with E-state index < -0.39 is 0 Å². The largest absolute Gasteiger partial charge is 0.370 e. The minimum Gasteiger partial charge on any atom is -0.370 e. The zero-order chi connectivity index (χ0) is 15.4. The molecular formula is C16H22N4OS. The highest BCUT2D eigenvalue weighted by Gasteiger charge is 2.22. The normalized spacial score (nSPS) is 19.0. The van der Waals surface area contributed by atoms with E-state index in [4.69, 9.17) is 5.73 Å². The summed E-state index contributed by atoms with van der Waals surface area (Å²) in [5.74, 6) is 2.67. The molecule has 0 aromatic heterocycles. The first-order valence-corrected chi connectivity index (χ1v) is 8.92. The van der Waals surface area contributed by atoms with Crippen LogP contribution in [0, 0.1) is 0 Å². The van der Waals surface area contributed by atoms with E-state index in [-0.39, 0.29) is 12.5 Å². The van der Waals surface area contributed by atoms with Gasteiger partial charge in [-0.05, 0) is 24.5 Å². The lowest BCUT2D eigenvalue weighted by atomic mass is 10.0. The summed E-state index contributed by atoms with van der Waals surface area (Å²) in [6.45, 7) is 2.73. The molecule has 2 heterocycles. The number of carbonyl (C=O) groups excluding carboxylic acids is 1. The second-order valence-corrected chi connectivity index (χ2v) is 6.78. The Bertz CT molecular complexity index is 569. The number of aliphatic imine (C=N–C) groups is 1. The number of benzene rings is 1. The Kier molecular flexibility index (Phi) is 4.87. The average molecular weight is 318 g/mol. The number of anilines is 1. The Morgan fingerprint density at radius 1 is 1.23 bits per heavy atom. The number of aryl methyl sites for hydroxylation is 1. The van der Waals surface area contributed by atoms with E-state index in [2.05, 4.69) is 16.0 Å². The standard InChI is InChI=1S/C16H22N4OS/c17-16(19-8-10-22-11-9-19)18-12-15(21)20-7-3-5-13-4-1-2-6-14(13)20/h1-2,4,6H,3,5,7-12H2,(H2,17,18). The Balaban J connectivity index is 1.65. The van der Waals surface area contributed by atoms with Crippen molar-refractivity contribution in [1.29, 1.82) is 0 Å². The number of thioether (sulfide) groups is 1. The summed E-state index contributed by atoms with van der Waals surface area (Å²) < 4.78 is 0. The van der Waals surface area contributed by atoms with Gasteiger partial charge in [0, 0.05) is 36.8 Å². The van der Waals surface area contributed by atoms with Gasteiger partial charge in [0.15, 0.2) is 5.96 Å². The fraction of sp³-hybridized carbons (Fsp3) is 0.500. The lowest BCUT2D eigenvalue weighted by molar-refractivity contribution is -0.117. The molecular weight excluding hydrogens is 296 g/mol. The number of fused-ring (bicyclic) bond motifs is 1. The van der Waals surface area contributed by atoms with Crippen LogP contribution in [0.15, 0.2) is 29.3 Å². The summed E-state index contributed by atoms with van der Waals surface area (Å²) in [4.78, 5) is 20.7. The summed E-state index contributed by atoms with van der Waals surface area (Å²) >= 11 is 1.93. The third kappa shape index (κ3) is 3.38. The van der Waals surface area contributed by atoms with E-state index in [1.807, 2.05) is 34.9 Å². The monoisotopic (exact) mass is 318 g/mol. The van der Waals surface area contributed by atoms with E-state index in [1.54, 1.807) is 0 Å². The van der Waals surface area contributed by atoms with Crippen LogP contribution in [0.25, 0.3) is 0 Å². The molecule has 1 saturated heterocycles. The van der Waals surface area contributed by atoms with Crippen molar-refractivity contribution in [3.05, 3.63) is 29.8 Å². The molecule has 0 atom stereocenters. The summed E-state index contributed by atoms with van der Waals surface area (Å²) in [5, 5.41) is 0. The van der Waals surface area contributed by atoms with Crippen molar-refractivity contribution in [3.8, 4) is 0 Å². The second kappa shape index (κ2) is 7.05. The van der Waals surface area contributed by atoms with E-state index in [9.17, 15) is 4.79 Å². The van der Waals surface area contributed by atoms with E-state index in [0.717, 1.165) is 49.7 Å². The maximum absolute atomic E-state index is 12.5. The predicted molar refractivity (Wildman–Crippen MR) is 92.5 cm³/mol. The molecule has 0 radical (unpaired) electrons. The number of nitrogens with zero attached hydrogens (tertiary/aromatic N) is 3. The Morgan fingerprint density at radius 3 is 2.82 bits per heavy atom. The van der Waals surface area contributed by atoms with Crippen LogP contribution in [0.4, 0.5) is 5.69 Å². The van der Waals surface area contributed by atoms with Gasteiger partial charge in [0.1, 0.15) is 6.54 Å². The molecule has 2 N–H and O–H groups in total. The number of rotatable bonds is 2. The molecule has 0 aliphatic carbocycles. The summed E-state index contributed by atoms with van der Waals surface area (Å²) in [6.07, 6.45) is 2.04. The number of hydrogen-bond acceptors (Lipinski definition) is 3. The Morgan fingerprint density at radius 2 is 2.00 bits per heavy atom. The van der Waals surface area contributed by atoms with Crippen LogP contribution in [0.2, 0.25) is 0 Å². The van der Waals surface area contributed by atoms with Crippen molar-refractivity contribution >= 4 is 29.3 Å². The van der Waals surface area contributed by atoms with Gasteiger partial charge in [0.25, 0.3) is 0 Å². The van der Waals surface area contributed by atoms with E-state index >= 15 is 0 Å². The summed E-state index contributed by atoms with van der Waals surface area (Å²) in [7, 11) is 0. The fourth-order valence-corrected chi connectivity index (χ4v) is 3.82. The van der Waals surface area contributed by atoms with Crippen LogP contribution in [-0.4, -0.2) is 54.5 Å². The molecule has 2 aliphatic heterocycles. The Hall–Kier alpha value is -1.69. The van der Waals surface area contributed by atoms with Crippen LogP contribution in [-0.2, 0) is 11.2 Å². The fourth-order valence-electron chi connectivity index (χ4n) is 2.92. The van der Waals surface area contributed by atoms with Gasteiger partial charge in [0.2, 0.25) is 5.91 Å². The second-order valence-electron chi connectivity index (χ2n) is 5.55. The number of guanidine groups is 1. The third-order valence-corrected chi connectivity index (χ3v) is 5.07. The first-order valence-electron chi connectivity index (χ1n) is 7.76. The summed E-state index contributed by atoms with van der Waals surface area (Å²) in [6, 6.07) is 8.11. The van der Waals surface area contributed by atoms with Gasteiger partial charge < -0.3 is 15.5 Å². The molecule has 0 unspecified atom stereocenters. The van der Waals surface area contributed by atoms with Gasteiger partial charge in [-0.25, -0.2) is 4.99 Å². The third-order valence-electron chi connectivity index (χ3n) is 4.12. The van der Waals surface area contributed by atoms with Crippen molar-refractivity contribution < 1.29 is 4.79 Å². The highest BCUT2D eigenvalue weighted by atomic mass is 32.2. The van der Waals surface area contributed by atoms with Crippen molar-refractivity contribution in [1.82, 2.24) is 4.90 Å². The number of para-hydroxylation sites is 1. The van der Waals surface area contributed by atoms with Gasteiger partial charge in [0.05, 0.1) is 0 Å². The van der Waals surface area contributed by atoms with Gasteiger partial charge >= 0.3 is 0 Å². The van der Waals surface area contributed by atoms with Gasteiger partial charge in [-0.1, -0.05) is 18.2 Å². The first-order chi connectivity index (χ1) is 10.8. The number of hydrogen-bond donors (Lipinski definition) is 1. The molecule has 118 valence electrons. The molecule has 22 heavy (non-hydrogen) atoms. The first kappa shape index (κ1) is 15.2. The van der Waals surface area contributed by atoms with Crippen molar-refractivity contribution in [2.45, 2.75) is 12.8 Å². The topological polar surface area (TPSA) is 61.9 Å². The quantitative estimate of drug-likeness (QED) is 0.660. The van der Waals surface area contributed by atoms with Crippen LogP contribution in [0.5, 0.6) is 0 Å². The van der Waals surface area contributed by atoms with Crippen LogP contribution >= 0.6 is 11.8 Å². The molecule has 0 spiro atoms. The molecule has 1 aromatic carbocycles. The van der Waals surface area contributed by atoms with Gasteiger partial charge in [-0.2, -0.15) is 11.8 Å². The molecule has 5 nitrogen and oxygen atoms in total. The maximum Gasteiger partial charge on any atom is 0.248 e. The molecule has 1 amide bonds. The molecule has 3 rings (SSSR count). The van der Waals surface area contributed by atoms with E-state index in [0.29, 0.717) is 5.96 Å². The molecule has 0 bridgehead atoms. The van der Waals surface area contributed by atoms with Crippen molar-refractivity contribution in [2.75, 3.05) is 42.6 Å². The Labute approximate surface area is 135 Å². The molecule has 1 aromatic rings. The van der Waals surface area contributed by atoms with Gasteiger partial charge in [-0.3, -0.25) is 4.79 Å². The van der Waals surface area contributed by atoms with Gasteiger partial charge in [-0.15, -0.1) is 0 Å². The predicted octanol–water partition coefficient (Wildman–Crippen LogP) is 1.33. The van der Waals surface area contributed by atoms with Crippen LogP contribution in [0.1, 0.15) is 12.0 Å². The SMILES string of the molecule is NC(=NCC(=O)N1CCCc2ccccc21)N1CCSCC1. The molecule has 0 saturated carbocycles. The number of amides is 1. The van der Waals surface area contributed by atoms with Crippen LogP contribution < -0.4 is 10.6 Å². The molecule has 2 aliphatic rings. The highest BCUT2D eigenvalue weighted by molar-refractivity contribution is 7.99. The zero-order valence-electron chi connectivity index (χ0n) is 12.7. The van der Waals surface area contributed by atoms with E-state index in [1.165, 1.54) is 5.56 Å². The van der Waals surface area contributed by atoms with Crippen molar-refractivity contribution in [2.24, 2.45) is 10.7 Å². The van der Waals surface area contributed by atoms with Crippen molar-refractivity contribution in [3.63, 3.8) is 0 Å². The maximum atomic E-state index is 12.5. The van der Waals surface area contributed by atoms with Crippen LogP contribution in [0.3, 0.4) is 0 Å². The minimum absolute atomic E-state index is 0.0292. The zero-order valence-corrected chi connectivity index (χ0v) is 13.5. The minimum atomic E-state index is 0.0292. The molecule has 1 fully saturated rings. The number of carbonyl (C=O) groups is 1. The number of nitrogens with two attached hydrogens (primary N) is 1. The molecule has 6 heteroatoms. The average Bonchev–Trinajstić information content (AvgIpc) is 2.59. The highest BCUT2D eigenvalue weighted by Crippen LogP contribution is 2.26. The lowest BCUT2D eigenvalue weighted by Crippen LogP contribution is -2.43. The smallest absolute Gasteiger partial charge is 0.248 e. The lowest BCUT2D eigenvalue weighted by Gasteiger charge is -2.30.